The average molecular weight is 278 g/mol. The van der Waals surface area contributed by atoms with Gasteiger partial charge in [0.05, 0.1) is 6.54 Å². The first-order chi connectivity index (χ1) is 9.57. The van der Waals surface area contributed by atoms with Crippen molar-refractivity contribution in [1.29, 1.82) is 0 Å². The van der Waals surface area contributed by atoms with Crippen molar-refractivity contribution >= 4 is 6.03 Å². The summed E-state index contributed by atoms with van der Waals surface area (Å²) in [4.78, 5) is 11.6. The van der Waals surface area contributed by atoms with Gasteiger partial charge in [-0.1, -0.05) is 24.3 Å². The fourth-order valence-electron chi connectivity index (χ4n) is 2.14. The molecule has 0 heterocycles. The predicted molar refractivity (Wildman–Crippen MR) is 74.6 cm³/mol. The normalized spacial score (nSPS) is 21.5. The van der Waals surface area contributed by atoms with E-state index in [9.17, 15) is 14.3 Å². The molecule has 1 aliphatic rings. The van der Waals surface area contributed by atoms with Crippen LogP contribution in [0.5, 0.6) is 0 Å². The van der Waals surface area contributed by atoms with Crippen LogP contribution >= 0.6 is 0 Å². The number of amides is 2. The van der Waals surface area contributed by atoms with E-state index in [1.54, 1.807) is 18.2 Å². The first kappa shape index (κ1) is 14.5. The smallest absolute Gasteiger partial charge is 0.315 e. The van der Waals surface area contributed by atoms with Crippen LogP contribution in [0.15, 0.2) is 36.4 Å². The number of rotatable bonds is 4. The molecule has 0 unspecified atom stereocenters. The Morgan fingerprint density at radius 2 is 2.05 bits per heavy atom. The number of benzene rings is 1. The van der Waals surface area contributed by atoms with E-state index >= 15 is 0 Å². The number of halogens is 1. The molecule has 2 rings (SSSR count). The minimum Gasteiger partial charge on any atom is -0.384 e. The first-order valence-electron chi connectivity index (χ1n) is 6.74. The number of nitrogens with one attached hydrogen (secondary N) is 2. The molecule has 3 N–H and O–H groups in total. The van der Waals surface area contributed by atoms with Crippen LogP contribution in [-0.4, -0.2) is 23.3 Å². The second kappa shape index (κ2) is 6.52. The number of hydrogen-bond donors (Lipinski definition) is 3. The van der Waals surface area contributed by atoms with Crippen molar-refractivity contribution in [3.8, 4) is 0 Å². The minimum absolute atomic E-state index is 0.193. The number of carbonyl (C=O) groups is 1. The molecule has 108 valence electrons. The zero-order chi connectivity index (χ0) is 14.4. The summed E-state index contributed by atoms with van der Waals surface area (Å²) in [6.07, 6.45) is 6.23. The Morgan fingerprint density at radius 1 is 1.30 bits per heavy atom. The molecule has 2 amide bonds. The van der Waals surface area contributed by atoms with Crippen LogP contribution in [0.4, 0.5) is 9.18 Å². The summed E-state index contributed by atoms with van der Waals surface area (Å²) in [6.45, 7) is 0.513. The molecule has 0 radical (unpaired) electrons. The van der Waals surface area contributed by atoms with Gasteiger partial charge in [0.1, 0.15) is 11.4 Å². The highest BCUT2D eigenvalue weighted by Crippen LogP contribution is 2.20. The van der Waals surface area contributed by atoms with Crippen LogP contribution in [0.1, 0.15) is 24.8 Å². The van der Waals surface area contributed by atoms with E-state index in [-0.39, 0.29) is 18.4 Å². The largest absolute Gasteiger partial charge is 0.384 e. The highest BCUT2D eigenvalue weighted by molar-refractivity contribution is 5.73. The lowest BCUT2D eigenvalue weighted by Crippen LogP contribution is -2.45. The fraction of sp³-hybridized carbons (Fsp3) is 0.400. The first-order valence-corrected chi connectivity index (χ1v) is 6.74. The van der Waals surface area contributed by atoms with E-state index in [4.69, 9.17) is 0 Å². The Hall–Kier alpha value is -1.88. The molecule has 20 heavy (non-hydrogen) atoms. The molecule has 0 saturated carbocycles. The predicted octanol–water partition coefficient (Wildman–Crippen LogP) is 2.10. The van der Waals surface area contributed by atoms with Crippen LogP contribution in [0.2, 0.25) is 0 Å². The van der Waals surface area contributed by atoms with Gasteiger partial charge in [0.15, 0.2) is 0 Å². The lowest BCUT2D eigenvalue weighted by molar-refractivity contribution is 0.0762. The van der Waals surface area contributed by atoms with Gasteiger partial charge in [0, 0.05) is 6.54 Å². The SMILES string of the molecule is O=C(NCc1ccc(F)cc1)NC[C@@]1(O)C=CCCC1. The molecule has 0 fully saturated rings. The van der Waals surface area contributed by atoms with Crippen LogP contribution in [0.3, 0.4) is 0 Å². The monoisotopic (exact) mass is 278 g/mol. The molecule has 1 aromatic carbocycles. The minimum atomic E-state index is -0.939. The van der Waals surface area contributed by atoms with Gasteiger partial charge in [-0.05, 0) is 37.0 Å². The summed E-state index contributed by atoms with van der Waals surface area (Å²) in [5, 5.41) is 15.5. The third-order valence-corrected chi connectivity index (χ3v) is 3.33. The zero-order valence-electron chi connectivity index (χ0n) is 11.2. The van der Waals surface area contributed by atoms with E-state index in [1.165, 1.54) is 12.1 Å². The highest BCUT2D eigenvalue weighted by Gasteiger charge is 2.25. The molecule has 0 bridgehead atoms. The molecule has 0 aromatic heterocycles. The Kier molecular flexibility index (Phi) is 4.74. The van der Waals surface area contributed by atoms with Crippen molar-refractivity contribution in [2.45, 2.75) is 31.4 Å². The van der Waals surface area contributed by atoms with Gasteiger partial charge < -0.3 is 15.7 Å². The zero-order valence-corrected chi connectivity index (χ0v) is 11.2. The van der Waals surface area contributed by atoms with E-state index < -0.39 is 5.60 Å². The van der Waals surface area contributed by atoms with Crippen molar-refractivity contribution < 1.29 is 14.3 Å². The van der Waals surface area contributed by atoms with Crippen molar-refractivity contribution in [3.63, 3.8) is 0 Å². The van der Waals surface area contributed by atoms with Crippen molar-refractivity contribution in [2.24, 2.45) is 0 Å². The summed E-state index contributed by atoms with van der Waals surface area (Å²) in [5.41, 5.74) is -0.122. The summed E-state index contributed by atoms with van der Waals surface area (Å²) in [6, 6.07) is 5.59. The second-order valence-corrected chi connectivity index (χ2v) is 5.06. The highest BCUT2D eigenvalue weighted by atomic mass is 19.1. The van der Waals surface area contributed by atoms with Gasteiger partial charge in [0.2, 0.25) is 0 Å². The van der Waals surface area contributed by atoms with Crippen molar-refractivity contribution in [1.82, 2.24) is 10.6 Å². The second-order valence-electron chi connectivity index (χ2n) is 5.06. The van der Waals surface area contributed by atoms with Crippen LogP contribution < -0.4 is 10.6 Å². The summed E-state index contributed by atoms with van der Waals surface area (Å²) in [5.74, 6) is -0.301. The maximum Gasteiger partial charge on any atom is 0.315 e. The van der Waals surface area contributed by atoms with Gasteiger partial charge in [-0.2, -0.15) is 0 Å². The molecule has 1 atom stereocenters. The van der Waals surface area contributed by atoms with Crippen molar-refractivity contribution in [2.75, 3.05) is 6.54 Å². The maximum atomic E-state index is 12.7. The van der Waals surface area contributed by atoms with E-state index in [0.717, 1.165) is 18.4 Å². The number of carbonyl (C=O) groups excluding carboxylic acids is 1. The Balaban J connectivity index is 1.74. The molecule has 0 spiro atoms. The molecule has 1 aliphatic carbocycles. The molecule has 1 aromatic rings. The third-order valence-electron chi connectivity index (χ3n) is 3.33. The Labute approximate surface area is 117 Å². The van der Waals surface area contributed by atoms with Gasteiger partial charge >= 0.3 is 6.03 Å². The third kappa shape index (κ3) is 4.35. The standard InChI is InChI=1S/C15H19FN2O2/c16-13-6-4-12(5-7-13)10-17-14(19)18-11-15(20)8-2-1-3-9-15/h2,4-8,20H,1,3,9-11H2,(H2,17,18,19)/t15-/m1/s1. The lowest BCUT2D eigenvalue weighted by atomic mass is 9.91. The van der Waals surface area contributed by atoms with Crippen molar-refractivity contribution in [3.05, 3.63) is 47.8 Å². The van der Waals surface area contributed by atoms with Crippen LogP contribution in [-0.2, 0) is 6.54 Å². The Bertz CT molecular complexity index is 487. The number of aliphatic hydroxyl groups is 1. The van der Waals surface area contributed by atoms with Gasteiger partial charge in [-0.15, -0.1) is 0 Å². The topological polar surface area (TPSA) is 61.4 Å². The van der Waals surface area contributed by atoms with Gasteiger partial charge in [-0.3, -0.25) is 0 Å². The van der Waals surface area contributed by atoms with E-state index in [0.29, 0.717) is 13.0 Å². The van der Waals surface area contributed by atoms with E-state index in [1.807, 2.05) is 6.08 Å². The number of allylic oxidation sites excluding steroid dienone is 1. The fourth-order valence-corrected chi connectivity index (χ4v) is 2.14. The van der Waals surface area contributed by atoms with Crippen LogP contribution in [0.25, 0.3) is 0 Å². The van der Waals surface area contributed by atoms with Gasteiger partial charge in [-0.25, -0.2) is 9.18 Å². The quantitative estimate of drug-likeness (QED) is 0.739. The summed E-state index contributed by atoms with van der Waals surface area (Å²) < 4.78 is 12.7. The van der Waals surface area contributed by atoms with Gasteiger partial charge in [0.25, 0.3) is 0 Å². The average Bonchev–Trinajstić information content (AvgIpc) is 2.45. The number of urea groups is 1. The summed E-state index contributed by atoms with van der Waals surface area (Å²) in [7, 11) is 0. The number of hydrogen-bond acceptors (Lipinski definition) is 2. The molecular formula is C15H19FN2O2. The van der Waals surface area contributed by atoms with Crippen LogP contribution in [0, 0.1) is 5.82 Å². The summed E-state index contributed by atoms with van der Waals surface area (Å²) >= 11 is 0. The Morgan fingerprint density at radius 3 is 2.70 bits per heavy atom. The molecule has 4 nitrogen and oxygen atoms in total. The molecule has 0 saturated heterocycles. The molecular weight excluding hydrogens is 259 g/mol. The lowest BCUT2D eigenvalue weighted by Gasteiger charge is -2.27. The molecule has 5 heteroatoms. The van der Waals surface area contributed by atoms with E-state index in [2.05, 4.69) is 10.6 Å². The molecule has 0 aliphatic heterocycles. The maximum absolute atomic E-state index is 12.7.